The van der Waals surface area contributed by atoms with Crippen molar-refractivity contribution in [2.45, 2.75) is 38.8 Å². The van der Waals surface area contributed by atoms with Crippen molar-refractivity contribution in [2.24, 2.45) is 5.92 Å². The second-order valence-electron chi connectivity index (χ2n) is 7.26. The standard InChI is InChI=1S/C20H23N3O4/c1-27-17-5-3-2-4-14(17)10-18(24)22-9-8-16-15(12-22)19(20(25)26)21-23(16)11-13-6-7-13/h2-5,13H,6-12H2,1H3,(H,25,26). The number of methoxy groups -OCH3 is 1. The number of hydrogen-bond acceptors (Lipinski definition) is 4. The van der Waals surface area contributed by atoms with Crippen LogP contribution >= 0.6 is 0 Å². The predicted octanol–water partition coefficient (Wildman–Crippen LogP) is 2.13. The second-order valence-corrected chi connectivity index (χ2v) is 7.26. The number of benzene rings is 1. The maximum absolute atomic E-state index is 12.8. The van der Waals surface area contributed by atoms with Gasteiger partial charge in [-0.05, 0) is 24.8 Å². The van der Waals surface area contributed by atoms with Crippen LogP contribution in [0.25, 0.3) is 0 Å². The monoisotopic (exact) mass is 369 g/mol. The molecule has 1 N–H and O–H groups in total. The molecule has 2 aromatic rings. The first-order valence-electron chi connectivity index (χ1n) is 9.28. The number of carboxylic acids is 1. The van der Waals surface area contributed by atoms with Gasteiger partial charge in [0.05, 0.1) is 13.5 Å². The molecule has 1 fully saturated rings. The maximum Gasteiger partial charge on any atom is 0.356 e. The molecule has 2 heterocycles. The fraction of sp³-hybridized carbons (Fsp3) is 0.450. The number of aromatic carboxylic acids is 1. The summed E-state index contributed by atoms with van der Waals surface area (Å²) in [5.41, 5.74) is 2.57. The molecule has 1 aliphatic carbocycles. The fourth-order valence-corrected chi connectivity index (χ4v) is 3.70. The normalized spacial score (nSPS) is 16.1. The van der Waals surface area contributed by atoms with Gasteiger partial charge in [-0.1, -0.05) is 18.2 Å². The molecule has 0 unspecified atom stereocenters. The van der Waals surface area contributed by atoms with Crippen molar-refractivity contribution >= 4 is 11.9 Å². The van der Waals surface area contributed by atoms with Crippen LogP contribution in [-0.2, 0) is 30.7 Å². The Hall–Kier alpha value is -2.83. The highest BCUT2D eigenvalue weighted by atomic mass is 16.5. The van der Waals surface area contributed by atoms with Crippen LogP contribution in [0.1, 0.15) is 40.2 Å². The van der Waals surface area contributed by atoms with Gasteiger partial charge in [0.1, 0.15) is 5.75 Å². The van der Waals surface area contributed by atoms with Crippen LogP contribution in [0.3, 0.4) is 0 Å². The van der Waals surface area contributed by atoms with E-state index < -0.39 is 5.97 Å². The van der Waals surface area contributed by atoms with E-state index in [1.165, 1.54) is 12.8 Å². The Morgan fingerprint density at radius 1 is 1.30 bits per heavy atom. The molecular weight excluding hydrogens is 346 g/mol. The molecule has 7 heteroatoms. The smallest absolute Gasteiger partial charge is 0.356 e. The molecule has 0 spiro atoms. The van der Waals surface area contributed by atoms with Crippen molar-refractivity contribution < 1.29 is 19.4 Å². The van der Waals surface area contributed by atoms with Gasteiger partial charge in [0.25, 0.3) is 0 Å². The van der Waals surface area contributed by atoms with E-state index in [-0.39, 0.29) is 18.0 Å². The molecule has 0 saturated heterocycles. The average Bonchev–Trinajstić information content (AvgIpc) is 3.41. The number of carbonyl (C=O) groups excluding carboxylic acids is 1. The minimum absolute atomic E-state index is 0.0311. The summed E-state index contributed by atoms with van der Waals surface area (Å²) in [4.78, 5) is 26.2. The number of para-hydroxylation sites is 1. The maximum atomic E-state index is 12.8. The minimum atomic E-state index is -1.03. The number of amides is 1. The van der Waals surface area contributed by atoms with Gasteiger partial charge in [0.15, 0.2) is 5.69 Å². The highest BCUT2D eigenvalue weighted by Crippen LogP contribution is 2.33. The van der Waals surface area contributed by atoms with E-state index in [9.17, 15) is 14.7 Å². The summed E-state index contributed by atoms with van der Waals surface area (Å²) in [7, 11) is 1.59. The molecule has 0 bridgehead atoms. The Kier molecular flexibility index (Phi) is 4.59. The molecule has 27 heavy (non-hydrogen) atoms. The van der Waals surface area contributed by atoms with Crippen molar-refractivity contribution in [3.63, 3.8) is 0 Å². The Morgan fingerprint density at radius 2 is 2.07 bits per heavy atom. The van der Waals surface area contributed by atoms with E-state index in [2.05, 4.69) is 5.10 Å². The van der Waals surface area contributed by atoms with Gasteiger partial charge < -0.3 is 14.7 Å². The Morgan fingerprint density at radius 3 is 2.78 bits per heavy atom. The van der Waals surface area contributed by atoms with Crippen LogP contribution in [0.4, 0.5) is 0 Å². The quantitative estimate of drug-likeness (QED) is 0.843. The third-order valence-electron chi connectivity index (χ3n) is 5.35. The van der Waals surface area contributed by atoms with E-state index in [4.69, 9.17) is 4.74 Å². The summed E-state index contributed by atoms with van der Waals surface area (Å²) in [6, 6.07) is 7.46. The highest BCUT2D eigenvalue weighted by Gasteiger charge is 2.32. The lowest BCUT2D eigenvalue weighted by Gasteiger charge is -2.28. The van der Waals surface area contributed by atoms with Crippen molar-refractivity contribution in [1.29, 1.82) is 0 Å². The number of nitrogens with zero attached hydrogens (tertiary/aromatic N) is 3. The molecule has 142 valence electrons. The van der Waals surface area contributed by atoms with E-state index >= 15 is 0 Å². The average molecular weight is 369 g/mol. The second kappa shape index (κ2) is 7.06. The number of fused-ring (bicyclic) bond motifs is 1. The van der Waals surface area contributed by atoms with Crippen LogP contribution < -0.4 is 4.74 Å². The van der Waals surface area contributed by atoms with Crippen LogP contribution in [0, 0.1) is 5.92 Å². The summed E-state index contributed by atoms with van der Waals surface area (Å²) < 4.78 is 7.18. The highest BCUT2D eigenvalue weighted by molar-refractivity contribution is 5.88. The van der Waals surface area contributed by atoms with Gasteiger partial charge in [0, 0.05) is 42.9 Å². The van der Waals surface area contributed by atoms with Crippen molar-refractivity contribution in [1.82, 2.24) is 14.7 Å². The van der Waals surface area contributed by atoms with Crippen LogP contribution in [0.2, 0.25) is 0 Å². The van der Waals surface area contributed by atoms with Crippen molar-refractivity contribution in [3.05, 3.63) is 46.8 Å². The van der Waals surface area contributed by atoms with E-state index in [1.807, 2.05) is 28.9 Å². The minimum Gasteiger partial charge on any atom is -0.496 e. The van der Waals surface area contributed by atoms with Gasteiger partial charge in [-0.2, -0.15) is 5.10 Å². The zero-order chi connectivity index (χ0) is 19.0. The number of aromatic nitrogens is 2. The zero-order valence-corrected chi connectivity index (χ0v) is 15.4. The van der Waals surface area contributed by atoms with E-state index in [0.717, 1.165) is 17.8 Å². The fourth-order valence-electron chi connectivity index (χ4n) is 3.70. The number of hydrogen-bond donors (Lipinski definition) is 1. The van der Waals surface area contributed by atoms with Crippen LogP contribution in [0.5, 0.6) is 5.75 Å². The first-order chi connectivity index (χ1) is 13.1. The summed E-state index contributed by atoms with van der Waals surface area (Å²) in [6.45, 7) is 1.66. The van der Waals surface area contributed by atoms with Crippen molar-refractivity contribution in [3.8, 4) is 5.75 Å². The number of rotatable bonds is 6. The Balaban J connectivity index is 1.54. The van der Waals surface area contributed by atoms with Crippen LogP contribution in [0.15, 0.2) is 24.3 Å². The lowest BCUT2D eigenvalue weighted by molar-refractivity contribution is -0.131. The first kappa shape index (κ1) is 17.6. The molecule has 1 aliphatic heterocycles. The van der Waals surface area contributed by atoms with Crippen LogP contribution in [-0.4, -0.2) is 45.3 Å². The van der Waals surface area contributed by atoms with Gasteiger partial charge in [-0.25, -0.2) is 4.79 Å². The first-order valence-corrected chi connectivity index (χ1v) is 9.28. The Bertz CT molecular complexity index is 885. The largest absolute Gasteiger partial charge is 0.496 e. The third-order valence-corrected chi connectivity index (χ3v) is 5.35. The molecule has 1 amide bonds. The van der Waals surface area contributed by atoms with E-state index in [0.29, 0.717) is 36.7 Å². The number of ether oxygens (including phenoxy) is 1. The topological polar surface area (TPSA) is 84.7 Å². The van der Waals surface area contributed by atoms with Gasteiger partial charge in [-0.3, -0.25) is 9.48 Å². The Labute approximate surface area is 157 Å². The molecule has 2 aliphatic rings. The SMILES string of the molecule is COc1ccccc1CC(=O)N1CCc2c(c(C(=O)O)nn2CC2CC2)C1. The van der Waals surface area contributed by atoms with Gasteiger partial charge in [-0.15, -0.1) is 0 Å². The molecule has 1 aromatic heterocycles. The van der Waals surface area contributed by atoms with Gasteiger partial charge in [0.2, 0.25) is 5.91 Å². The lowest BCUT2D eigenvalue weighted by Crippen LogP contribution is -2.37. The lowest BCUT2D eigenvalue weighted by atomic mass is 10.0. The predicted molar refractivity (Wildman–Crippen MR) is 97.7 cm³/mol. The molecule has 1 saturated carbocycles. The molecular formula is C20H23N3O4. The molecule has 4 rings (SSSR count). The zero-order valence-electron chi connectivity index (χ0n) is 15.4. The van der Waals surface area contributed by atoms with E-state index in [1.54, 1.807) is 12.0 Å². The molecule has 7 nitrogen and oxygen atoms in total. The summed E-state index contributed by atoms with van der Waals surface area (Å²) in [5.74, 6) is 0.240. The summed E-state index contributed by atoms with van der Waals surface area (Å²) >= 11 is 0. The summed E-state index contributed by atoms with van der Waals surface area (Å²) in [6.07, 6.45) is 3.24. The molecule has 0 radical (unpaired) electrons. The number of carboxylic acid groups (broad SMARTS) is 1. The molecule has 1 aromatic carbocycles. The number of carbonyl (C=O) groups is 2. The summed E-state index contributed by atoms with van der Waals surface area (Å²) in [5, 5.41) is 13.9. The molecule has 0 atom stereocenters. The van der Waals surface area contributed by atoms with Gasteiger partial charge >= 0.3 is 5.97 Å². The third kappa shape index (κ3) is 3.54. The van der Waals surface area contributed by atoms with Crippen molar-refractivity contribution in [2.75, 3.05) is 13.7 Å².